The van der Waals surface area contributed by atoms with Crippen LogP contribution in [-0.4, -0.2) is 35.3 Å². The lowest BCUT2D eigenvalue weighted by Gasteiger charge is -2.12. The van der Waals surface area contributed by atoms with Gasteiger partial charge in [0, 0.05) is 0 Å². The van der Waals surface area contributed by atoms with Crippen LogP contribution in [0.15, 0.2) is 24.3 Å². The highest BCUT2D eigenvalue weighted by atomic mass is 16.5. The third kappa shape index (κ3) is 4.82. The number of aromatic nitrogens is 2. The van der Waals surface area contributed by atoms with Crippen molar-refractivity contribution in [3.63, 3.8) is 0 Å². The Morgan fingerprint density at radius 3 is 2.36 bits per heavy atom. The normalized spacial score (nSPS) is 10.4. The fraction of sp³-hybridized carbons (Fsp3) is 0.389. The smallest absolute Gasteiger partial charge is 0.339 e. The van der Waals surface area contributed by atoms with Gasteiger partial charge in [0.05, 0.1) is 20.3 Å². The van der Waals surface area contributed by atoms with Crippen molar-refractivity contribution in [3.8, 4) is 23.5 Å². The fourth-order valence-electron chi connectivity index (χ4n) is 2.41. The van der Waals surface area contributed by atoms with E-state index in [1.807, 2.05) is 0 Å². The first-order chi connectivity index (χ1) is 12.1. The number of methoxy groups -OCH3 is 2. The number of carbonyl (C=O) groups is 1. The van der Waals surface area contributed by atoms with Gasteiger partial charge in [0.25, 0.3) is 0 Å². The summed E-state index contributed by atoms with van der Waals surface area (Å²) in [5, 5.41) is 9.61. The van der Waals surface area contributed by atoms with Crippen molar-refractivity contribution in [2.24, 2.45) is 0 Å². The molecule has 0 amide bonds. The van der Waals surface area contributed by atoms with Crippen LogP contribution in [0.4, 0.5) is 0 Å². The van der Waals surface area contributed by atoms with Crippen LogP contribution in [0.5, 0.6) is 23.5 Å². The van der Waals surface area contributed by atoms with Gasteiger partial charge in [-0.25, -0.2) is 4.79 Å². The number of aryl methyl sites for hydroxylation is 1. The van der Waals surface area contributed by atoms with E-state index < -0.39 is 5.97 Å². The number of carboxylic acids is 1. The molecule has 0 fully saturated rings. The zero-order chi connectivity index (χ0) is 18.2. The highest BCUT2D eigenvalue weighted by Gasteiger charge is 2.18. The van der Waals surface area contributed by atoms with Crippen molar-refractivity contribution in [1.82, 2.24) is 9.97 Å². The van der Waals surface area contributed by atoms with Crippen LogP contribution in [0.25, 0.3) is 0 Å². The molecule has 0 saturated heterocycles. The van der Waals surface area contributed by atoms with E-state index >= 15 is 0 Å². The Kier molecular flexibility index (Phi) is 6.56. The van der Waals surface area contributed by atoms with Gasteiger partial charge in [-0.3, -0.25) is 0 Å². The second kappa shape index (κ2) is 8.86. The summed E-state index contributed by atoms with van der Waals surface area (Å²) in [5.41, 5.74) is 0.859. The SMILES string of the molecule is CCCCCc1cccc(Oc2nc(OC)cc(OC)n2)c1C(=O)O. The first kappa shape index (κ1) is 18.5. The van der Waals surface area contributed by atoms with E-state index in [2.05, 4.69) is 16.9 Å². The highest BCUT2D eigenvalue weighted by molar-refractivity contribution is 5.92. The molecule has 1 heterocycles. The molecular weight excluding hydrogens is 324 g/mol. The van der Waals surface area contributed by atoms with Gasteiger partial charge < -0.3 is 19.3 Å². The molecule has 0 aliphatic rings. The zero-order valence-corrected chi connectivity index (χ0v) is 14.6. The highest BCUT2D eigenvalue weighted by Crippen LogP contribution is 2.29. The number of aromatic carboxylic acids is 1. The summed E-state index contributed by atoms with van der Waals surface area (Å²) in [6.07, 6.45) is 3.70. The van der Waals surface area contributed by atoms with Gasteiger partial charge in [-0.05, 0) is 24.5 Å². The van der Waals surface area contributed by atoms with Crippen molar-refractivity contribution in [2.45, 2.75) is 32.6 Å². The Bertz CT molecular complexity index is 711. The molecule has 7 nitrogen and oxygen atoms in total. The number of carboxylic acid groups (broad SMARTS) is 1. The van der Waals surface area contributed by atoms with Gasteiger partial charge in [0.2, 0.25) is 11.8 Å². The van der Waals surface area contributed by atoms with Crippen molar-refractivity contribution >= 4 is 5.97 Å². The number of hydrogen-bond acceptors (Lipinski definition) is 6. The topological polar surface area (TPSA) is 90.8 Å². The number of rotatable bonds is 9. The summed E-state index contributed by atoms with van der Waals surface area (Å²) in [4.78, 5) is 19.9. The number of hydrogen-bond donors (Lipinski definition) is 1. The second-order valence-corrected chi connectivity index (χ2v) is 5.39. The number of benzene rings is 1. The maximum atomic E-state index is 11.7. The number of nitrogens with zero attached hydrogens (tertiary/aromatic N) is 2. The molecule has 0 radical (unpaired) electrons. The molecule has 0 spiro atoms. The van der Waals surface area contributed by atoms with E-state index in [0.29, 0.717) is 6.42 Å². The van der Waals surface area contributed by atoms with Crippen LogP contribution in [-0.2, 0) is 6.42 Å². The van der Waals surface area contributed by atoms with Crippen LogP contribution in [0.2, 0.25) is 0 Å². The van der Waals surface area contributed by atoms with Gasteiger partial charge in [0.1, 0.15) is 11.3 Å². The molecule has 2 rings (SSSR count). The zero-order valence-electron chi connectivity index (χ0n) is 14.6. The Morgan fingerprint density at radius 1 is 1.12 bits per heavy atom. The largest absolute Gasteiger partial charge is 0.481 e. The Balaban J connectivity index is 2.35. The van der Waals surface area contributed by atoms with Gasteiger partial charge in [0.15, 0.2) is 0 Å². The minimum absolute atomic E-state index is 0.0376. The van der Waals surface area contributed by atoms with Crippen LogP contribution in [0, 0.1) is 0 Å². The van der Waals surface area contributed by atoms with Crippen molar-refractivity contribution in [2.75, 3.05) is 14.2 Å². The third-order valence-corrected chi connectivity index (χ3v) is 3.65. The van der Waals surface area contributed by atoms with Crippen molar-refractivity contribution in [3.05, 3.63) is 35.4 Å². The molecule has 0 unspecified atom stereocenters. The van der Waals surface area contributed by atoms with Crippen LogP contribution >= 0.6 is 0 Å². The van der Waals surface area contributed by atoms with E-state index in [-0.39, 0.29) is 29.1 Å². The summed E-state index contributed by atoms with van der Waals surface area (Å²) in [5.74, 6) is -0.329. The molecule has 1 aromatic carbocycles. The Morgan fingerprint density at radius 2 is 1.80 bits per heavy atom. The lowest BCUT2D eigenvalue weighted by molar-refractivity contribution is 0.0692. The van der Waals surface area contributed by atoms with Gasteiger partial charge >= 0.3 is 12.0 Å². The maximum Gasteiger partial charge on any atom is 0.339 e. The van der Waals surface area contributed by atoms with Crippen molar-refractivity contribution < 1.29 is 24.1 Å². The molecule has 2 aromatic rings. The van der Waals surface area contributed by atoms with Gasteiger partial charge in [-0.2, -0.15) is 9.97 Å². The fourth-order valence-corrected chi connectivity index (χ4v) is 2.41. The van der Waals surface area contributed by atoms with Crippen LogP contribution in [0.1, 0.15) is 42.1 Å². The van der Waals surface area contributed by atoms with E-state index in [0.717, 1.165) is 24.8 Å². The van der Waals surface area contributed by atoms with E-state index in [4.69, 9.17) is 14.2 Å². The summed E-state index contributed by atoms with van der Waals surface area (Å²) in [6, 6.07) is 6.62. The molecule has 0 aliphatic carbocycles. The summed E-state index contributed by atoms with van der Waals surface area (Å²) < 4.78 is 15.8. The molecule has 0 saturated carbocycles. The van der Waals surface area contributed by atoms with Gasteiger partial charge in [-0.1, -0.05) is 31.9 Å². The average molecular weight is 346 g/mol. The lowest BCUT2D eigenvalue weighted by Crippen LogP contribution is -2.07. The first-order valence-corrected chi connectivity index (χ1v) is 8.09. The first-order valence-electron chi connectivity index (χ1n) is 8.09. The molecule has 0 aliphatic heterocycles. The molecule has 134 valence electrons. The summed E-state index contributed by atoms with van der Waals surface area (Å²) in [7, 11) is 2.92. The predicted octanol–water partition coefficient (Wildman–Crippen LogP) is 3.72. The lowest BCUT2D eigenvalue weighted by atomic mass is 10.0. The molecule has 7 heteroatoms. The van der Waals surface area contributed by atoms with Gasteiger partial charge in [-0.15, -0.1) is 0 Å². The molecule has 0 atom stereocenters. The molecule has 0 bridgehead atoms. The standard InChI is InChI=1S/C18H22N2O5/c1-4-5-6-8-12-9-7-10-13(16(12)17(21)22)25-18-19-14(23-2)11-15(20-18)24-3/h7,9-11H,4-6,8H2,1-3H3,(H,21,22). The maximum absolute atomic E-state index is 11.7. The Hall–Kier alpha value is -2.83. The Labute approximate surface area is 146 Å². The van der Waals surface area contributed by atoms with Crippen LogP contribution in [0.3, 0.4) is 0 Å². The summed E-state index contributed by atoms with van der Waals surface area (Å²) >= 11 is 0. The molecule has 1 aromatic heterocycles. The van der Waals surface area contributed by atoms with E-state index in [1.165, 1.54) is 20.3 Å². The number of unbranched alkanes of at least 4 members (excludes halogenated alkanes) is 2. The number of ether oxygens (including phenoxy) is 3. The quantitative estimate of drug-likeness (QED) is 0.692. The van der Waals surface area contributed by atoms with Crippen molar-refractivity contribution in [1.29, 1.82) is 0 Å². The van der Waals surface area contributed by atoms with E-state index in [1.54, 1.807) is 18.2 Å². The summed E-state index contributed by atoms with van der Waals surface area (Å²) in [6.45, 7) is 2.10. The minimum Gasteiger partial charge on any atom is -0.481 e. The molecular formula is C18H22N2O5. The van der Waals surface area contributed by atoms with E-state index in [9.17, 15) is 9.90 Å². The minimum atomic E-state index is -1.04. The third-order valence-electron chi connectivity index (χ3n) is 3.65. The second-order valence-electron chi connectivity index (χ2n) is 5.39. The van der Waals surface area contributed by atoms with Crippen LogP contribution < -0.4 is 14.2 Å². The monoisotopic (exact) mass is 346 g/mol. The molecule has 25 heavy (non-hydrogen) atoms. The average Bonchev–Trinajstić information content (AvgIpc) is 2.61. The predicted molar refractivity (Wildman–Crippen MR) is 91.8 cm³/mol. The molecule has 1 N–H and O–H groups in total.